The summed E-state index contributed by atoms with van der Waals surface area (Å²) in [5, 5.41) is 6.02. The Kier molecular flexibility index (Phi) is 5.10. The van der Waals surface area contributed by atoms with Gasteiger partial charge in [0, 0.05) is 0 Å². The predicted molar refractivity (Wildman–Crippen MR) is 79.6 cm³/mol. The van der Waals surface area contributed by atoms with Gasteiger partial charge in [0.15, 0.2) is 5.11 Å². The number of hydrogen-bond donors (Lipinski definition) is 2. The standard InChI is InChI=1S/C14H14F2N2O2S/c1-9-4-5-11(12(7-9)20-13(15)16)18-14(21)17-8-10-3-2-6-19-10/h2-7,13H,8H2,1H3,(H2,17,18,21). The fraction of sp³-hybridized carbons (Fsp3) is 0.214. The van der Waals surface area contributed by atoms with Crippen molar-refractivity contribution in [2.24, 2.45) is 0 Å². The van der Waals surface area contributed by atoms with Gasteiger partial charge in [0.2, 0.25) is 0 Å². The van der Waals surface area contributed by atoms with Crippen LogP contribution in [0.25, 0.3) is 0 Å². The number of aryl methyl sites for hydroxylation is 1. The molecule has 0 unspecified atom stereocenters. The molecule has 0 aliphatic heterocycles. The van der Waals surface area contributed by atoms with Crippen molar-refractivity contribution in [3.8, 4) is 5.75 Å². The topological polar surface area (TPSA) is 46.4 Å². The molecular formula is C14H14F2N2O2S. The van der Waals surface area contributed by atoms with E-state index >= 15 is 0 Å². The summed E-state index contributed by atoms with van der Waals surface area (Å²) in [6, 6.07) is 8.49. The number of anilines is 1. The van der Waals surface area contributed by atoms with Gasteiger partial charge in [-0.1, -0.05) is 6.07 Å². The zero-order valence-corrected chi connectivity index (χ0v) is 12.0. The lowest BCUT2D eigenvalue weighted by molar-refractivity contribution is -0.0493. The molecule has 0 aliphatic carbocycles. The van der Waals surface area contributed by atoms with Crippen molar-refractivity contribution < 1.29 is 17.9 Å². The van der Waals surface area contributed by atoms with Crippen molar-refractivity contribution in [1.82, 2.24) is 5.32 Å². The second kappa shape index (κ2) is 7.03. The monoisotopic (exact) mass is 312 g/mol. The molecule has 1 aromatic carbocycles. The minimum atomic E-state index is -2.89. The highest BCUT2D eigenvalue weighted by molar-refractivity contribution is 7.80. The van der Waals surface area contributed by atoms with Crippen LogP contribution in [-0.2, 0) is 6.54 Å². The fourth-order valence-electron chi connectivity index (χ4n) is 1.67. The molecule has 0 fully saturated rings. The number of furan rings is 1. The Balaban J connectivity index is 1.99. The first-order chi connectivity index (χ1) is 10.0. The van der Waals surface area contributed by atoms with Crippen LogP contribution in [0.15, 0.2) is 41.0 Å². The summed E-state index contributed by atoms with van der Waals surface area (Å²) in [4.78, 5) is 0. The lowest BCUT2D eigenvalue weighted by Gasteiger charge is -2.14. The number of benzene rings is 1. The Morgan fingerprint density at radius 3 is 2.86 bits per heavy atom. The Morgan fingerprint density at radius 1 is 1.38 bits per heavy atom. The minimum Gasteiger partial charge on any atom is -0.467 e. The van der Waals surface area contributed by atoms with E-state index in [1.54, 1.807) is 37.5 Å². The minimum absolute atomic E-state index is 0.0483. The fourth-order valence-corrected chi connectivity index (χ4v) is 1.86. The molecule has 7 heteroatoms. The Hall–Kier alpha value is -2.15. The largest absolute Gasteiger partial charge is 0.467 e. The van der Waals surface area contributed by atoms with Gasteiger partial charge in [-0.2, -0.15) is 8.78 Å². The summed E-state index contributed by atoms with van der Waals surface area (Å²) >= 11 is 5.11. The maximum atomic E-state index is 12.4. The van der Waals surface area contributed by atoms with Gasteiger partial charge in [0.25, 0.3) is 0 Å². The van der Waals surface area contributed by atoms with Crippen molar-refractivity contribution in [2.45, 2.75) is 20.1 Å². The van der Waals surface area contributed by atoms with Crippen molar-refractivity contribution in [1.29, 1.82) is 0 Å². The highest BCUT2D eigenvalue weighted by atomic mass is 32.1. The van der Waals surface area contributed by atoms with Gasteiger partial charge in [-0.15, -0.1) is 0 Å². The van der Waals surface area contributed by atoms with Crippen LogP contribution in [-0.4, -0.2) is 11.7 Å². The number of halogens is 2. The molecular weight excluding hydrogens is 298 g/mol. The lowest BCUT2D eigenvalue weighted by atomic mass is 10.2. The first-order valence-electron chi connectivity index (χ1n) is 6.17. The molecule has 4 nitrogen and oxygen atoms in total. The lowest BCUT2D eigenvalue weighted by Crippen LogP contribution is -2.28. The molecule has 0 amide bonds. The van der Waals surface area contributed by atoms with Crippen molar-refractivity contribution >= 4 is 23.0 Å². The molecule has 0 saturated carbocycles. The van der Waals surface area contributed by atoms with Crippen LogP contribution in [0.1, 0.15) is 11.3 Å². The molecule has 0 aliphatic rings. The third-order valence-electron chi connectivity index (χ3n) is 2.60. The molecule has 1 heterocycles. The molecule has 0 spiro atoms. The molecule has 0 saturated heterocycles. The predicted octanol–water partition coefficient (Wildman–Crippen LogP) is 3.68. The van der Waals surface area contributed by atoms with Gasteiger partial charge < -0.3 is 19.8 Å². The van der Waals surface area contributed by atoms with Crippen LogP contribution < -0.4 is 15.4 Å². The number of nitrogens with one attached hydrogen (secondary N) is 2. The van der Waals surface area contributed by atoms with Crippen molar-refractivity contribution in [3.63, 3.8) is 0 Å². The van der Waals surface area contributed by atoms with E-state index in [9.17, 15) is 8.78 Å². The summed E-state index contributed by atoms with van der Waals surface area (Å²) in [5.74, 6) is 0.763. The quantitative estimate of drug-likeness (QED) is 0.825. The van der Waals surface area contributed by atoms with Gasteiger partial charge in [-0.05, 0) is 49.0 Å². The molecule has 2 aromatic rings. The second-order valence-electron chi connectivity index (χ2n) is 4.27. The summed E-state index contributed by atoms with van der Waals surface area (Å²) in [5.41, 5.74) is 1.18. The third kappa shape index (κ3) is 4.71. The van der Waals surface area contributed by atoms with E-state index in [0.29, 0.717) is 18.0 Å². The highest BCUT2D eigenvalue weighted by Gasteiger charge is 2.11. The van der Waals surface area contributed by atoms with E-state index in [1.807, 2.05) is 0 Å². The smallest absolute Gasteiger partial charge is 0.387 e. The van der Waals surface area contributed by atoms with E-state index in [1.165, 1.54) is 6.07 Å². The molecule has 0 atom stereocenters. The summed E-state index contributed by atoms with van der Waals surface area (Å²) < 4.78 is 34.4. The number of hydrogen-bond acceptors (Lipinski definition) is 3. The SMILES string of the molecule is Cc1ccc(NC(=S)NCc2ccco2)c(OC(F)F)c1. The summed E-state index contributed by atoms with van der Waals surface area (Å²) in [7, 11) is 0. The first-order valence-corrected chi connectivity index (χ1v) is 6.58. The van der Waals surface area contributed by atoms with Crippen LogP contribution in [0.4, 0.5) is 14.5 Å². The zero-order chi connectivity index (χ0) is 15.2. The Morgan fingerprint density at radius 2 is 2.19 bits per heavy atom. The van der Waals surface area contributed by atoms with Crippen LogP contribution in [0.3, 0.4) is 0 Å². The summed E-state index contributed by atoms with van der Waals surface area (Å²) in [6.07, 6.45) is 1.56. The molecule has 2 N–H and O–H groups in total. The Bertz CT molecular complexity index is 603. The maximum Gasteiger partial charge on any atom is 0.387 e. The molecule has 112 valence electrons. The first kappa shape index (κ1) is 15.2. The van der Waals surface area contributed by atoms with E-state index in [0.717, 1.165) is 5.56 Å². The average molecular weight is 312 g/mol. The van der Waals surface area contributed by atoms with Gasteiger partial charge in [-0.25, -0.2) is 0 Å². The van der Waals surface area contributed by atoms with Gasteiger partial charge in [0.05, 0.1) is 18.5 Å². The summed E-state index contributed by atoms with van der Waals surface area (Å²) in [6.45, 7) is -0.706. The van der Waals surface area contributed by atoms with Crippen LogP contribution in [0.2, 0.25) is 0 Å². The number of rotatable bonds is 5. The highest BCUT2D eigenvalue weighted by Crippen LogP contribution is 2.27. The van der Waals surface area contributed by atoms with E-state index < -0.39 is 6.61 Å². The van der Waals surface area contributed by atoms with Crippen molar-refractivity contribution in [3.05, 3.63) is 47.9 Å². The molecule has 0 bridgehead atoms. The van der Waals surface area contributed by atoms with Crippen LogP contribution in [0, 0.1) is 6.92 Å². The average Bonchev–Trinajstić information content (AvgIpc) is 2.92. The van der Waals surface area contributed by atoms with Crippen molar-refractivity contribution in [2.75, 3.05) is 5.32 Å². The maximum absolute atomic E-state index is 12.4. The molecule has 2 rings (SSSR count). The second-order valence-corrected chi connectivity index (χ2v) is 4.67. The number of alkyl halides is 2. The van der Waals surface area contributed by atoms with Gasteiger partial charge in [0.1, 0.15) is 11.5 Å². The van der Waals surface area contributed by atoms with E-state index in [4.69, 9.17) is 16.6 Å². The molecule has 0 radical (unpaired) electrons. The van der Waals surface area contributed by atoms with Crippen LogP contribution >= 0.6 is 12.2 Å². The number of ether oxygens (including phenoxy) is 1. The molecule has 21 heavy (non-hydrogen) atoms. The Labute approximate surface area is 126 Å². The third-order valence-corrected chi connectivity index (χ3v) is 2.85. The zero-order valence-electron chi connectivity index (χ0n) is 11.2. The normalized spacial score (nSPS) is 10.5. The van der Waals surface area contributed by atoms with Crippen LogP contribution in [0.5, 0.6) is 5.75 Å². The van der Waals surface area contributed by atoms with Gasteiger partial charge >= 0.3 is 6.61 Å². The number of thiocarbonyl (C=S) groups is 1. The van der Waals surface area contributed by atoms with E-state index in [-0.39, 0.29) is 10.9 Å². The van der Waals surface area contributed by atoms with Gasteiger partial charge in [-0.3, -0.25) is 0 Å². The molecule has 1 aromatic heterocycles. The van der Waals surface area contributed by atoms with E-state index in [2.05, 4.69) is 15.4 Å².